The highest BCUT2D eigenvalue weighted by Gasteiger charge is 2.28. The van der Waals surface area contributed by atoms with Crippen molar-refractivity contribution in [3.63, 3.8) is 0 Å². The molecule has 0 spiro atoms. The van der Waals surface area contributed by atoms with Crippen LogP contribution in [0.3, 0.4) is 0 Å². The molecule has 3 aromatic carbocycles. The third-order valence-electron chi connectivity index (χ3n) is 5.87. The lowest BCUT2D eigenvalue weighted by atomic mass is 9.98. The van der Waals surface area contributed by atoms with Gasteiger partial charge < -0.3 is 5.32 Å². The van der Waals surface area contributed by atoms with E-state index in [0.717, 1.165) is 23.9 Å². The van der Waals surface area contributed by atoms with E-state index in [1.807, 2.05) is 55.8 Å². The summed E-state index contributed by atoms with van der Waals surface area (Å²) >= 11 is 1.32. The van der Waals surface area contributed by atoms with Gasteiger partial charge in [-0.3, -0.25) is 4.72 Å². The monoisotopic (exact) mass is 595 g/mol. The zero-order chi connectivity index (χ0) is 29.4. The van der Waals surface area contributed by atoms with E-state index in [1.165, 1.54) is 29.5 Å². The van der Waals surface area contributed by atoms with Crippen molar-refractivity contribution in [1.82, 2.24) is 15.0 Å². The maximum atomic E-state index is 16.0. The van der Waals surface area contributed by atoms with E-state index in [4.69, 9.17) is 4.98 Å². The van der Waals surface area contributed by atoms with Crippen molar-refractivity contribution in [2.45, 2.75) is 31.1 Å². The first-order valence-electron chi connectivity index (χ1n) is 12.4. The van der Waals surface area contributed by atoms with Gasteiger partial charge in [-0.1, -0.05) is 51.1 Å². The predicted octanol–water partition coefficient (Wildman–Crippen LogP) is 7.53. The summed E-state index contributed by atoms with van der Waals surface area (Å²) < 4.78 is 72.2. The number of anilines is 3. The number of para-hydroxylation sites is 1. The van der Waals surface area contributed by atoms with Crippen molar-refractivity contribution in [1.29, 1.82) is 0 Å². The fourth-order valence-electron chi connectivity index (χ4n) is 3.92. The van der Waals surface area contributed by atoms with Crippen molar-refractivity contribution in [3.05, 3.63) is 101 Å². The Labute approximate surface area is 239 Å². The molecule has 41 heavy (non-hydrogen) atoms. The van der Waals surface area contributed by atoms with Crippen molar-refractivity contribution >= 4 is 38.7 Å². The second kappa shape index (κ2) is 10.9. The molecule has 0 fully saturated rings. The third kappa shape index (κ3) is 5.93. The first-order chi connectivity index (χ1) is 19.4. The summed E-state index contributed by atoms with van der Waals surface area (Å²) in [6.07, 6.45) is 1.57. The molecular weight excluding hydrogens is 571 g/mol. The van der Waals surface area contributed by atoms with Gasteiger partial charge in [0.05, 0.1) is 27.0 Å². The SMILES string of the molecule is CC(C)(C)c1nc(-c2cccc(NS(=O)(=O)c3c(F)cccc3F)c2F)c(-c2ccnc(Nc3ccccc3)n2)s1. The summed E-state index contributed by atoms with van der Waals surface area (Å²) in [6.45, 7) is 5.89. The largest absolute Gasteiger partial charge is 0.324 e. The Hall–Kier alpha value is -4.29. The average Bonchev–Trinajstić information content (AvgIpc) is 3.36. The van der Waals surface area contributed by atoms with Crippen molar-refractivity contribution in [2.24, 2.45) is 0 Å². The second-order valence-electron chi connectivity index (χ2n) is 10.0. The number of halogens is 3. The molecular formula is C29H24F3N5O2S2. The van der Waals surface area contributed by atoms with Crippen LogP contribution in [-0.2, 0) is 15.4 Å². The molecule has 12 heteroatoms. The second-order valence-corrected chi connectivity index (χ2v) is 12.6. The standard InChI is InChI=1S/C29H24F3N5O2S2/c1-29(2,3)27-36-24(25(40-27)22-15-16-33-28(35-22)34-17-9-5-4-6-10-17)18-11-7-14-21(23(18)32)37-41(38,39)26-19(30)12-8-13-20(26)31/h4-16,37H,1-3H3,(H,33,34,35). The fraction of sp³-hybridized carbons (Fsp3) is 0.138. The van der Waals surface area contributed by atoms with Crippen LogP contribution < -0.4 is 10.0 Å². The lowest BCUT2D eigenvalue weighted by molar-refractivity contribution is 0.521. The van der Waals surface area contributed by atoms with Crippen molar-refractivity contribution in [3.8, 4) is 21.8 Å². The van der Waals surface area contributed by atoms with Gasteiger partial charge in [-0.2, -0.15) is 0 Å². The fourth-order valence-corrected chi connectivity index (χ4v) is 6.23. The number of sulfonamides is 1. The highest BCUT2D eigenvalue weighted by Crippen LogP contribution is 2.42. The van der Waals surface area contributed by atoms with Crippen LogP contribution in [0.5, 0.6) is 0 Å². The number of hydrogen-bond acceptors (Lipinski definition) is 7. The Bertz CT molecular complexity index is 1820. The number of rotatable bonds is 7. The maximum Gasteiger partial charge on any atom is 0.267 e. The summed E-state index contributed by atoms with van der Waals surface area (Å²) in [5.74, 6) is -3.24. The number of thiazole rings is 1. The van der Waals surface area contributed by atoms with Gasteiger partial charge in [0, 0.05) is 22.9 Å². The Morgan fingerprint density at radius 2 is 1.51 bits per heavy atom. The topological polar surface area (TPSA) is 96.9 Å². The summed E-state index contributed by atoms with van der Waals surface area (Å²) in [5.41, 5.74) is 0.586. The quantitative estimate of drug-likeness (QED) is 0.202. The van der Waals surface area contributed by atoms with Gasteiger partial charge >= 0.3 is 0 Å². The van der Waals surface area contributed by atoms with Crippen molar-refractivity contribution < 1.29 is 21.6 Å². The molecule has 0 bridgehead atoms. The molecule has 0 aliphatic heterocycles. The third-order valence-corrected chi connectivity index (χ3v) is 8.79. The summed E-state index contributed by atoms with van der Waals surface area (Å²) in [5, 5.41) is 3.82. The normalized spacial score (nSPS) is 11.9. The lowest BCUT2D eigenvalue weighted by Gasteiger charge is -2.14. The first-order valence-corrected chi connectivity index (χ1v) is 14.7. The van der Waals surface area contributed by atoms with Crippen LogP contribution >= 0.6 is 11.3 Å². The van der Waals surface area contributed by atoms with Crippen molar-refractivity contribution in [2.75, 3.05) is 10.0 Å². The van der Waals surface area contributed by atoms with Crippen LogP contribution in [0, 0.1) is 17.5 Å². The van der Waals surface area contributed by atoms with Gasteiger partial charge in [0.15, 0.2) is 10.7 Å². The molecule has 2 aromatic heterocycles. The van der Waals surface area contributed by atoms with Crippen LogP contribution in [0.2, 0.25) is 0 Å². The molecule has 0 aliphatic carbocycles. The highest BCUT2D eigenvalue weighted by atomic mass is 32.2. The zero-order valence-electron chi connectivity index (χ0n) is 22.1. The molecule has 2 N–H and O–H groups in total. The van der Waals surface area contributed by atoms with E-state index < -0.39 is 43.5 Å². The van der Waals surface area contributed by atoms with Crippen LogP contribution in [0.25, 0.3) is 21.8 Å². The number of nitrogens with zero attached hydrogens (tertiary/aromatic N) is 3. The smallest absolute Gasteiger partial charge is 0.267 e. The lowest BCUT2D eigenvalue weighted by Crippen LogP contribution is -2.17. The minimum atomic E-state index is -4.80. The minimum Gasteiger partial charge on any atom is -0.324 e. The van der Waals surface area contributed by atoms with Gasteiger partial charge in [0.25, 0.3) is 10.0 Å². The number of hydrogen-bond donors (Lipinski definition) is 2. The Balaban J connectivity index is 1.59. The molecule has 0 radical (unpaired) electrons. The van der Waals surface area contributed by atoms with Crippen LogP contribution in [-0.4, -0.2) is 23.4 Å². The average molecular weight is 596 g/mol. The van der Waals surface area contributed by atoms with E-state index in [1.54, 1.807) is 12.3 Å². The number of aromatic nitrogens is 3. The molecule has 0 unspecified atom stereocenters. The van der Waals surface area contributed by atoms with Crippen LogP contribution in [0.15, 0.2) is 83.9 Å². The zero-order valence-corrected chi connectivity index (χ0v) is 23.7. The van der Waals surface area contributed by atoms with E-state index in [9.17, 15) is 17.2 Å². The molecule has 7 nitrogen and oxygen atoms in total. The van der Waals surface area contributed by atoms with E-state index in [-0.39, 0.29) is 11.3 Å². The van der Waals surface area contributed by atoms with Crippen LogP contribution in [0.1, 0.15) is 25.8 Å². The molecule has 210 valence electrons. The maximum absolute atomic E-state index is 16.0. The molecule has 5 rings (SSSR count). The molecule has 0 saturated carbocycles. The first kappa shape index (κ1) is 28.2. The van der Waals surface area contributed by atoms with Gasteiger partial charge in [-0.05, 0) is 42.5 Å². The van der Waals surface area contributed by atoms with Gasteiger partial charge in [-0.25, -0.2) is 36.5 Å². The molecule has 0 saturated heterocycles. The van der Waals surface area contributed by atoms with Gasteiger partial charge in [0.1, 0.15) is 11.6 Å². The summed E-state index contributed by atoms with van der Waals surface area (Å²) in [7, 11) is -4.80. The molecule has 5 aromatic rings. The Kier molecular flexibility index (Phi) is 7.54. The van der Waals surface area contributed by atoms with Crippen LogP contribution in [0.4, 0.5) is 30.5 Å². The number of nitrogens with one attached hydrogen (secondary N) is 2. The van der Waals surface area contributed by atoms with Gasteiger partial charge in [-0.15, -0.1) is 11.3 Å². The summed E-state index contributed by atoms with van der Waals surface area (Å²) in [4.78, 5) is 13.0. The molecule has 0 amide bonds. The molecule has 0 aliphatic rings. The minimum absolute atomic E-state index is 0.0165. The van der Waals surface area contributed by atoms with E-state index in [0.29, 0.717) is 21.5 Å². The Morgan fingerprint density at radius 1 is 0.829 bits per heavy atom. The number of benzene rings is 3. The highest BCUT2D eigenvalue weighted by molar-refractivity contribution is 7.92. The molecule has 2 heterocycles. The Morgan fingerprint density at radius 3 is 2.20 bits per heavy atom. The van der Waals surface area contributed by atoms with Gasteiger partial charge in [0.2, 0.25) is 5.95 Å². The molecule has 0 atom stereocenters. The summed E-state index contributed by atoms with van der Waals surface area (Å²) in [6, 6.07) is 17.7. The predicted molar refractivity (Wildman–Crippen MR) is 154 cm³/mol. The van der Waals surface area contributed by atoms with E-state index in [2.05, 4.69) is 15.3 Å². The van der Waals surface area contributed by atoms with E-state index >= 15 is 4.39 Å².